The van der Waals surface area contributed by atoms with Crippen LogP contribution in [0.2, 0.25) is 5.02 Å². The van der Waals surface area contributed by atoms with Crippen molar-refractivity contribution >= 4 is 46.0 Å². The molecule has 1 amide bonds. The topological polar surface area (TPSA) is 61.9 Å². The van der Waals surface area contributed by atoms with Crippen molar-refractivity contribution in [1.29, 1.82) is 5.26 Å². The Labute approximate surface area is 154 Å². The Hall–Kier alpha value is -2.49. The lowest BCUT2D eigenvalue weighted by Gasteiger charge is -2.19. The van der Waals surface area contributed by atoms with Gasteiger partial charge in [0.05, 0.1) is 22.9 Å². The number of aryl methyl sites for hydroxylation is 1. The van der Waals surface area contributed by atoms with Gasteiger partial charge in [-0.15, -0.1) is 0 Å². The Balaban J connectivity index is 1.77. The summed E-state index contributed by atoms with van der Waals surface area (Å²) in [6.07, 6.45) is 0. The number of rotatable bonds is 5. The molecule has 1 heterocycles. The van der Waals surface area contributed by atoms with E-state index >= 15 is 0 Å². The van der Waals surface area contributed by atoms with E-state index in [1.54, 1.807) is 6.07 Å². The molecule has 3 rings (SSSR count). The standard InChI is InChI=1S/C18H15ClN4OS/c1-22-16-8-7-13(19)11-15(16)21-18(22)25-12-17(24)23(10-9-20)14-5-3-2-4-6-14/h2-8,11H,10,12H2,1H3. The average molecular weight is 371 g/mol. The fraction of sp³-hybridized carbons (Fsp3) is 0.167. The van der Waals surface area contributed by atoms with Crippen LogP contribution in [0.1, 0.15) is 0 Å². The number of hydrogen-bond donors (Lipinski definition) is 0. The van der Waals surface area contributed by atoms with Gasteiger partial charge in [0.25, 0.3) is 0 Å². The summed E-state index contributed by atoms with van der Waals surface area (Å²) < 4.78 is 1.93. The molecule has 0 fully saturated rings. The highest BCUT2D eigenvalue weighted by molar-refractivity contribution is 7.99. The van der Waals surface area contributed by atoms with E-state index in [1.165, 1.54) is 16.7 Å². The number of nitrogens with zero attached hydrogens (tertiary/aromatic N) is 4. The van der Waals surface area contributed by atoms with Crippen molar-refractivity contribution < 1.29 is 4.79 Å². The zero-order valence-corrected chi connectivity index (χ0v) is 15.1. The molecule has 2 aromatic carbocycles. The summed E-state index contributed by atoms with van der Waals surface area (Å²) in [6, 6.07) is 16.8. The summed E-state index contributed by atoms with van der Waals surface area (Å²) in [4.78, 5) is 18.6. The monoisotopic (exact) mass is 370 g/mol. The molecule has 0 aliphatic rings. The van der Waals surface area contributed by atoms with Crippen LogP contribution in [-0.2, 0) is 11.8 Å². The molecule has 0 N–H and O–H groups in total. The second-order valence-electron chi connectivity index (χ2n) is 5.35. The zero-order valence-electron chi connectivity index (χ0n) is 13.5. The molecule has 25 heavy (non-hydrogen) atoms. The van der Waals surface area contributed by atoms with Crippen molar-refractivity contribution in [1.82, 2.24) is 9.55 Å². The number of carbonyl (C=O) groups is 1. The van der Waals surface area contributed by atoms with Crippen molar-refractivity contribution in [2.24, 2.45) is 7.05 Å². The maximum Gasteiger partial charge on any atom is 0.238 e. The van der Waals surface area contributed by atoms with Gasteiger partial charge >= 0.3 is 0 Å². The summed E-state index contributed by atoms with van der Waals surface area (Å²) in [6.45, 7) is 0.0154. The van der Waals surface area contributed by atoms with Crippen LogP contribution >= 0.6 is 23.4 Å². The number of para-hydroxylation sites is 1. The van der Waals surface area contributed by atoms with Crippen LogP contribution in [0.4, 0.5) is 5.69 Å². The van der Waals surface area contributed by atoms with Crippen LogP contribution in [0.25, 0.3) is 11.0 Å². The minimum Gasteiger partial charge on any atom is -0.322 e. The highest BCUT2D eigenvalue weighted by Crippen LogP contribution is 2.25. The first-order chi connectivity index (χ1) is 12.1. The summed E-state index contributed by atoms with van der Waals surface area (Å²) in [5.74, 6) is 0.0596. The normalized spacial score (nSPS) is 10.6. The zero-order chi connectivity index (χ0) is 17.8. The molecule has 0 radical (unpaired) electrons. The van der Waals surface area contributed by atoms with Gasteiger partial charge in [-0.25, -0.2) is 4.98 Å². The van der Waals surface area contributed by atoms with Gasteiger partial charge in [0.15, 0.2) is 5.16 Å². The van der Waals surface area contributed by atoms with Crippen molar-refractivity contribution in [3.63, 3.8) is 0 Å². The number of carbonyl (C=O) groups excluding carboxylic acids is 1. The molecule has 0 saturated heterocycles. The van der Waals surface area contributed by atoms with Crippen LogP contribution in [-0.4, -0.2) is 27.8 Å². The first kappa shape index (κ1) is 17.3. The molecular weight excluding hydrogens is 356 g/mol. The Morgan fingerprint density at radius 2 is 2.08 bits per heavy atom. The predicted octanol–water partition coefficient (Wildman–Crippen LogP) is 3.88. The number of halogens is 1. The molecule has 126 valence electrons. The third kappa shape index (κ3) is 3.78. The smallest absolute Gasteiger partial charge is 0.238 e. The van der Waals surface area contributed by atoms with Gasteiger partial charge in [-0.3, -0.25) is 9.69 Å². The highest BCUT2D eigenvalue weighted by atomic mass is 35.5. The molecule has 7 heteroatoms. The van der Waals surface area contributed by atoms with E-state index < -0.39 is 0 Å². The van der Waals surface area contributed by atoms with Gasteiger partial charge < -0.3 is 4.57 Å². The maximum absolute atomic E-state index is 12.6. The Morgan fingerprint density at radius 3 is 2.80 bits per heavy atom. The number of amides is 1. The summed E-state index contributed by atoms with van der Waals surface area (Å²) in [5.41, 5.74) is 2.46. The van der Waals surface area contributed by atoms with Crippen LogP contribution in [0.5, 0.6) is 0 Å². The largest absolute Gasteiger partial charge is 0.322 e. The Kier molecular flexibility index (Phi) is 5.27. The first-order valence-corrected chi connectivity index (χ1v) is 8.93. The minimum absolute atomic E-state index is 0.0154. The van der Waals surface area contributed by atoms with Crippen LogP contribution in [0.3, 0.4) is 0 Å². The van der Waals surface area contributed by atoms with E-state index in [2.05, 4.69) is 4.98 Å². The van der Waals surface area contributed by atoms with Crippen molar-refractivity contribution in [3.8, 4) is 6.07 Å². The summed E-state index contributed by atoms with van der Waals surface area (Å²) in [5, 5.41) is 10.4. The first-order valence-electron chi connectivity index (χ1n) is 7.57. The Morgan fingerprint density at radius 1 is 1.32 bits per heavy atom. The van der Waals surface area contributed by atoms with Gasteiger partial charge in [-0.05, 0) is 30.3 Å². The van der Waals surface area contributed by atoms with Crippen LogP contribution in [0, 0.1) is 11.3 Å². The molecule has 0 atom stereocenters. The summed E-state index contributed by atoms with van der Waals surface area (Å²) in [7, 11) is 1.90. The molecule has 0 unspecified atom stereocenters. The molecular formula is C18H15ClN4OS. The number of aromatic nitrogens is 2. The second-order valence-corrected chi connectivity index (χ2v) is 6.73. The van der Waals surface area contributed by atoms with Gasteiger partial charge in [0.2, 0.25) is 5.91 Å². The number of hydrogen-bond acceptors (Lipinski definition) is 4. The average Bonchev–Trinajstić information content (AvgIpc) is 2.93. The van der Waals surface area contributed by atoms with Crippen LogP contribution < -0.4 is 4.90 Å². The van der Waals surface area contributed by atoms with Gasteiger partial charge in [0.1, 0.15) is 6.54 Å². The molecule has 0 aliphatic carbocycles. The third-order valence-corrected chi connectivity index (χ3v) is 4.97. The number of thioether (sulfide) groups is 1. The maximum atomic E-state index is 12.6. The fourth-order valence-corrected chi connectivity index (χ4v) is 3.52. The van der Waals surface area contributed by atoms with Gasteiger partial charge in [-0.2, -0.15) is 5.26 Å². The number of fused-ring (bicyclic) bond motifs is 1. The lowest BCUT2D eigenvalue weighted by molar-refractivity contribution is -0.116. The predicted molar refractivity (Wildman–Crippen MR) is 101 cm³/mol. The SMILES string of the molecule is Cn1c(SCC(=O)N(CC#N)c2ccccc2)nc2cc(Cl)ccc21. The van der Waals surface area contributed by atoms with Crippen molar-refractivity contribution in [2.75, 3.05) is 17.2 Å². The quantitative estimate of drug-likeness (QED) is 0.505. The van der Waals surface area contributed by atoms with Crippen molar-refractivity contribution in [2.45, 2.75) is 5.16 Å². The van der Waals surface area contributed by atoms with E-state index in [9.17, 15) is 4.79 Å². The van der Waals surface area contributed by atoms with Crippen LogP contribution in [0.15, 0.2) is 53.7 Å². The van der Waals surface area contributed by atoms with Gasteiger partial charge in [0, 0.05) is 17.8 Å². The third-order valence-electron chi connectivity index (χ3n) is 3.72. The molecule has 0 spiro atoms. The van der Waals surface area contributed by atoms with E-state index in [4.69, 9.17) is 16.9 Å². The molecule has 0 saturated carbocycles. The molecule has 0 bridgehead atoms. The number of benzene rings is 2. The van der Waals surface area contributed by atoms with Gasteiger partial charge in [-0.1, -0.05) is 41.6 Å². The molecule has 0 aliphatic heterocycles. The summed E-state index contributed by atoms with van der Waals surface area (Å²) >= 11 is 7.35. The minimum atomic E-state index is -0.136. The van der Waals surface area contributed by atoms with E-state index in [0.717, 1.165) is 16.2 Å². The van der Waals surface area contributed by atoms with E-state index in [0.29, 0.717) is 10.7 Å². The van der Waals surface area contributed by atoms with E-state index in [-0.39, 0.29) is 18.2 Å². The Bertz CT molecular complexity index is 949. The highest BCUT2D eigenvalue weighted by Gasteiger charge is 2.17. The van der Waals surface area contributed by atoms with E-state index in [1.807, 2.05) is 60.1 Å². The number of nitriles is 1. The molecule has 5 nitrogen and oxygen atoms in total. The number of imidazole rings is 1. The van der Waals surface area contributed by atoms with Crippen molar-refractivity contribution in [3.05, 3.63) is 53.6 Å². The molecule has 3 aromatic rings. The second kappa shape index (κ2) is 7.60. The lowest BCUT2D eigenvalue weighted by atomic mass is 10.3. The lowest BCUT2D eigenvalue weighted by Crippen LogP contribution is -2.32. The number of anilines is 1. The fourth-order valence-electron chi connectivity index (χ4n) is 2.49. The molecule has 1 aromatic heterocycles.